The van der Waals surface area contributed by atoms with Crippen molar-refractivity contribution in [3.8, 4) is 5.75 Å². The highest BCUT2D eigenvalue weighted by Gasteiger charge is 2.15. The summed E-state index contributed by atoms with van der Waals surface area (Å²) >= 11 is 0. The fraction of sp³-hybridized carbons (Fsp3) is 0.211. The Hall–Kier alpha value is -3.19. The Kier molecular flexibility index (Phi) is 4.99. The summed E-state index contributed by atoms with van der Waals surface area (Å²) in [4.78, 5) is 16.7. The van der Waals surface area contributed by atoms with Crippen molar-refractivity contribution in [1.82, 2.24) is 4.98 Å². The van der Waals surface area contributed by atoms with Gasteiger partial charge in [0, 0.05) is 22.8 Å². The second-order valence-corrected chi connectivity index (χ2v) is 5.67. The van der Waals surface area contributed by atoms with Gasteiger partial charge in [-0.3, -0.25) is 15.2 Å². The molecule has 0 aliphatic heterocycles. The van der Waals surface area contributed by atoms with Crippen LogP contribution >= 0.6 is 0 Å². The summed E-state index contributed by atoms with van der Waals surface area (Å²) in [6, 6.07) is 8.50. The molecule has 26 heavy (non-hydrogen) atoms. The number of nitrogens with one attached hydrogen (secondary N) is 2. The van der Waals surface area contributed by atoms with E-state index in [2.05, 4.69) is 10.3 Å². The van der Waals surface area contributed by atoms with E-state index in [4.69, 9.17) is 14.6 Å². The van der Waals surface area contributed by atoms with E-state index in [0.717, 1.165) is 0 Å². The van der Waals surface area contributed by atoms with Gasteiger partial charge < -0.3 is 19.6 Å². The Morgan fingerprint density at radius 1 is 1.35 bits per heavy atom. The third-order valence-electron chi connectivity index (χ3n) is 3.91. The largest absolute Gasteiger partial charge is 0.494 e. The maximum atomic E-state index is 12.6. The van der Waals surface area contributed by atoms with Gasteiger partial charge in [-0.2, -0.15) is 0 Å². The van der Waals surface area contributed by atoms with Crippen molar-refractivity contribution in [3.63, 3.8) is 0 Å². The summed E-state index contributed by atoms with van der Waals surface area (Å²) in [6.45, 7) is 3.96. The summed E-state index contributed by atoms with van der Waals surface area (Å²) in [5.74, 6) is 0.242. The molecule has 7 nitrogen and oxygen atoms in total. The summed E-state index contributed by atoms with van der Waals surface area (Å²) in [7, 11) is 0. The zero-order valence-corrected chi connectivity index (χ0v) is 14.5. The number of aliphatic hydroxyl groups is 1. The lowest BCUT2D eigenvalue weighted by atomic mass is 10.1. The Balaban J connectivity index is 1.95. The van der Waals surface area contributed by atoms with Crippen LogP contribution in [-0.2, 0) is 6.61 Å². The molecule has 0 atom stereocenters. The van der Waals surface area contributed by atoms with E-state index in [1.165, 1.54) is 6.20 Å². The van der Waals surface area contributed by atoms with Gasteiger partial charge in [-0.15, -0.1) is 0 Å². The average Bonchev–Trinajstić information content (AvgIpc) is 2.64. The van der Waals surface area contributed by atoms with Gasteiger partial charge in [0.2, 0.25) is 5.55 Å². The predicted molar refractivity (Wildman–Crippen MR) is 96.1 cm³/mol. The molecule has 0 bridgehead atoms. The molecule has 0 unspecified atom stereocenters. The predicted octanol–water partition coefficient (Wildman–Crippen LogP) is 2.76. The molecule has 0 aliphatic carbocycles. The summed E-state index contributed by atoms with van der Waals surface area (Å²) in [5, 5.41) is 20.8. The first-order chi connectivity index (χ1) is 12.5. The summed E-state index contributed by atoms with van der Waals surface area (Å²) < 4.78 is 10.9. The number of amides is 1. The molecule has 0 fully saturated rings. The smallest absolute Gasteiger partial charge is 0.261 e. The average molecular weight is 353 g/mol. The number of hydrogen-bond donors (Lipinski definition) is 3. The minimum absolute atomic E-state index is 0.0756. The molecule has 3 N–H and O–H groups in total. The molecule has 7 heteroatoms. The molecule has 2 aromatic heterocycles. The van der Waals surface area contributed by atoms with Crippen LogP contribution in [0.3, 0.4) is 0 Å². The lowest BCUT2D eigenvalue weighted by Gasteiger charge is -2.09. The molecule has 2 heterocycles. The van der Waals surface area contributed by atoms with Crippen LogP contribution in [0, 0.1) is 12.3 Å². The van der Waals surface area contributed by atoms with Gasteiger partial charge in [0.15, 0.2) is 5.58 Å². The number of anilines is 1. The molecular formula is C19H19N3O4. The molecular weight excluding hydrogens is 334 g/mol. The first-order valence-electron chi connectivity index (χ1n) is 8.15. The lowest BCUT2D eigenvalue weighted by Crippen LogP contribution is -2.21. The van der Waals surface area contributed by atoms with Crippen molar-refractivity contribution in [3.05, 3.63) is 58.9 Å². The Morgan fingerprint density at radius 3 is 2.73 bits per heavy atom. The number of ether oxygens (including phenoxy) is 1. The van der Waals surface area contributed by atoms with E-state index >= 15 is 0 Å². The van der Waals surface area contributed by atoms with Crippen molar-refractivity contribution >= 4 is 22.6 Å². The monoisotopic (exact) mass is 353 g/mol. The Bertz CT molecular complexity index is 1010. The highest BCUT2D eigenvalue weighted by molar-refractivity contribution is 6.05. The van der Waals surface area contributed by atoms with Gasteiger partial charge in [0.1, 0.15) is 11.3 Å². The lowest BCUT2D eigenvalue weighted by molar-refractivity contribution is 0.102. The van der Waals surface area contributed by atoms with Crippen LogP contribution in [0.4, 0.5) is 5.69 Å². The van der Waals surface area contributed by atoms with Crippen LogP contribution in [0.25, 0.3) is 11.0 Å². The van der Waals surface area contributed by atoms with Gasteiger partial charge in [-0.25, -0.2) is 0 Å². The summed E-state index contributed by atoms with van der Waals surface area (Å²) in [6.07, 6.45) is 1.53. The van der Waals surface area contributed by atoms with E-state index < -0.39 is 5.91 Å². The maximum absolute atomic E-state index is 12.6. The third kappa shape index (κ3) is 3.43. The SMILES string of the molecule is CCOc1ccc(NC(=O)c2cc3c(CO)cnc(C)c3oc2=N)cc1. The normalized spacial score (nSPS) is 10.7. The van der Waals surface area contributed by atoms with Gasteiger partial charge >= 0.3 is 0 Å². The number of aliphatic hydroxyl groups excluding tert-OH is 1. The molecule has 0 aliphatic rings. The van der Waals surface area contributed by atoms with Gasteiger partial charge in [0.25, 0.3) is 5.91 Å². The Morgan fingerprint density at radius 2 is 2.08 bits per heavy atom. The van der Waals surface area contributed by atoms with Crippen LogP contribution in [0.2, 0.25) is 0 Å². The topological polar surface area (TPSA) is 108 Å². The van der Waals surface area contributed by atoms with Crippen LogP contribution < -0.4 is 15.6 Å². The van der Waals surface area contributed by atoms with E-state index in [0.29, 0.717) is 40.3 Å². The number of pyridine rings is 1. The standard InChI is InChI=1S/C19H19N3O4/c1-3-25-14-6-4-13(5-7-14)22-19(24)16-8-15-12(10-23)9-21-11(2)17(15)26-18(16)20/h4-9,20,23H,3,10H2,1-2H3,(H,22,24). The van der Waals surface area contributed by atoms with Crippen molar-refractivity contribution < 1.29 is 19.1 Å². The highest BCUT2D eigenvalue weighted by atomic mass is 16.5. The zero-order chi connectivity index (χ0) is 18.7. The number of carbonyl (C=O) groups excluding carboxylic acids is 1. The minimum Gasteiger partial charge on any atom is -0.494 e. The van der Waals surface area contributed by atoms with Gasteiger partial charge in [0.05, 0.1) is 18.9 Å². The number of benzene rings is 1. The van der Waals surface area contributed by atoms with Crippen molar-refractivity contribution in [2.75, 3.05) is 11.9 Å². The molecule has 3 aromatic rings. The van der Waals surface area contributed by atoms with Gasteiger partial charge in [-0.05, 0) is 44.2 Å². The quantitative estimate of drug-likeness (QED) is 0.653. The highest BCUT2D eigenvalue weighted by Crippen LogP contribution is 2.21. The Labute approximate surface area is 149 Å². The van der Waals surface area contributed by atoms with Crippen molar-refractivity contribution in [2.24, 2.45) is 0 Å². The summed E-state index contributed by atoms with van der Waals surface area (Å²) in [5.41, 5.74) is 1.90. The number of aryl methyl sites for hydroxylation is 1. The number of carbonyl (C=O) groups is 1. The van der Waals surface area contributed by atoms with Crippen LogP contribution in [0.15, 0.2) is 40.9 Å². The number of fused-ring (bicyclic) bond motifs is 1. The number of aromatic nitrogens is 1. The molecule has 134 valence electrons. The first kappa shape index (κ1) is 17.6. The van der Waals surface area contributed by atoms with E-state index in [1.807, 2.05) is 6.92 Å². The molecule has 0 spiro atoms. The van der Waals surface area contributed by atoms with E-state index in [1.54, 1.807) is 37.3 Å². The minimum atomic E-state index is -0.469. The second kappa shape index (κ2) is 7.37. The fourth-order valence-electron chi connectivity index (χ4n) is 2.59. The van der Waals surface area contributed by atoms with E-state index in [-0.39, 0.29) is 17.7 Å². The van der Waals surface area contributed by atoms with Crippen molar-refractivity contribution in [1.29, 1.82) is 5.41 Å². The second-order valence-electron chi connectivity index (χ2n) is 5.67. The molecule has 1 amide bonds. The molecule has 0 saturated carbocycles. The number of hydrogen-bond acceptors (Lipinski definition) is 6. The zero-order valence-electron chi connectivity index (χ0n) is 14.5. The van der Waals surface area contributed by atoms with Crippen LogP contribution in [0.1, 0.15) is 28.5 Å². The first-order valence-corrected chi connectivity index (χ1v) is 8.15. The third-order valence-corrected chi connectivity index (χ3v) is 3.91. The number of nitrogens with zero attached hydrogens (tertiary/aromatic N) is 1. The van der Waals surface area contributed by atoms with Crippen LogP contribution in [0.5, 0.6) is 5.75 Å². The van der Waals surface area contributed by atoms with E-state index in [9.17, 15) is 9.90 Å². The maximum Gasteiger partial charge on any atom is 0.261 e. The molecule has 0 radical (unpaired) electrons. The van der Waals surface area contributed by atoms with Crippen molar-refractivity contribution in [2.45, 2.75) is 20.5 Å². The van der Waals surface area contributed by atoms with Gasteiger partial charge in [-0.1, -0.05) is 0 Å². The molecule has 1 aromatic carbocycles. The molecule has 3 rings (SSSR count). The number of rotatable bonds is 5. The van der Waals surface area contributed by atoms with Crippen LogP contribution in [-0.4, -0.2) is 22.6 Å². The fourth-order valence-corrected chi connectivity index (χ4v) is 2.59. The molecule has 0 saturated heterocycles.